The van der Waals surface area contributed by atoms with Gasteiger partial charge in [0.25, 0.3) is 0 Å². The van der Waals surface area contributed by atoms with Crippen LogP contribution in [0.25, 0.3) is 0 Å². The van der Waals surface area contributed by atoms with Crippen LogP contribution >= 0.6 is 12.6 Å². The van der Waals surface area contributed by atoms with Crippen LogP contribution in [0.4, 0.5) is 0 Å². The third-order valence-corrected chi connectivity index (χ3v) is 3.92. The van der Waals surface area contributed by atoms with Crippen LogP contribution in [0.15, 0.2) is 23.8 Å². The molecule has 128 valence electrons. The van der Waals surface area contributed by atoms with Gasteiger partial charge in [-0.3, -0.25) is 0 Å². The Hall–Kier alpha value is -0.700. The maximum Gasteiger partial charge on any atom is 0.333 e. The fourth-order valence-corrected chi connectivity index (χ4v) is 2.30. The van der Waals surface area contributed by atoms with Gasteiger partial charge in [-0.15, -0.1) is 0 Å². The molecule has 0 fully saturated rings. The molecule has 0 N–H and O–H groups in total. The summed E-state index contributed by atoms with van der Waals surface area (Å²) in [6.45, 7) is 9.13. The Bertz CT molecular complexity index is 345. The molecular weight excluding hydrogens is 292 g/mol. The SMILES string of the molecule is CC(=CC=CCC(C)CCCC(C)C)C(=O)OCCCCS. The summed E-state index contributed by atoms with van der Waals surface area (Å²) in [4.78, 5) is 11.7. The maximum atomic E-state index is 11.7. The molecule has 0 aromatic carbocycles. The fourth-order valence-electron chi connectivity index (χ4n) is 2.08. The summed E-state index contributed by atoms with van der Waals surface area (Å²) in [6.07, 6.45) is 12.8. The van der Waals surface area contributed by atoms with Crippen LogP contribution in [0.5, 0.6) is 0 Å². The zero-order valence-corrected chi connectivity index (χ0v) is 15.7. The second kappa shape index (κ2) is 13.9. The van der Waals surface area contributed by atoms with Crippen molar-refractivity contribution in [3.8, 4) is 0 Å². The molecule has 1 atom stereocenters. The Labute approximate surface area is 142 Å². The molecule has 0 spiro atoms. The predicted molar refractivity (Wildman–Crippen MR) is 99.4 cm³/mol. The van der Waals surface area contributed by atoms with E-state index in [1.807, 2.05) is 12.2 Å². The molecule has 0 aromatic heterocycles. The highest BCUT2D eigenvalue weighted by Crippen LogP contribution is 2.15. The number of ether oxygens (including phenoxy) is 1. The topological polar surface area (TPSA) is 26.3 Å². The van der Waals surface area contributed by atoms with Crippen molar-refractivity contribution in [2.24, 2.45) is 11.8 Å². The zero-order valence-electron chi connectivity index (χ0n) is 14.8. The highest BCUT2D eigenvalue weighted by atomic mass is 32.1. The van der Waals surface area contributed by atoms with E-state index in [-0.39, 0.29) is 5.97 Å². The average Bonchev–Trinajstić information content (AvgIpc) is 2.47. The summed E-state index contributed by atoms with van der Waals surface area (Å²) in [5, 5.41) is 0. The van der Waals surface area contributed by atoms with Crippen molar-refractivity contribution in [3.05, 3.63) is 23.8 Å². The van der Waals surface area contributed by atoms with E-state index < -0.39 is 0 Å². The second-order valence-electron chi connectivity index (χ2n) is 6.51. The van der Waals surface area contributed by atoms with Crippen molar-refractivity contribution in [2.45, 2.75) is 66.2 Å². The van der Waals surface area contributed by atoms with Gasteiger partial charge < -0.3 is 4.74 Å². The average molecular weight is 327 g/mol. The molecule has 0 radical (unpaired) electrons. The van der Waals surface area contributed by atoms with Crippen LogP contribution in [-0.4, -0.2) is 18.3 Å². The largest absolute Gasteiger partial charge is 0.462 e. The molecule has 0 rings (SSSR count). The monoisotopic (exact) mass is 326 g/mol. The Balaban J connectivity index is 3.89. The van der Waals surface area contributed by atoms with Crippen molar-refractivity contribution in [3.63, 3.8) is 0 Å². The number of carbonyl (C=O) groups is 1. The lowest BCUT2D eigenvalue weighted by Gasteiger charge is -2.09. The van der Waals surface area contributed by atoms with E-state index in [0.29, 0.717) is 18.1 Å². The van der Waals surface area contributed by atoms with E-state index in [1.165, 1.54) is 19.3 Å². The first kappa shape index (κ1) is 21.3. The molecule has 0 saturated carbocycles. The summed E-state index contributed by atoms with van der Waals surface area (Å²) in [5.41, 5.74) is 0.662. The third kappa shape index (κ3) is 13.0. The Morgan fingerprint density at radius 2 is 1.86 bits per heavy atom. The van der Waals surface area contributed by atoms with Gasteiger partial charge in [-0.25, -0.2) is 4.79 Å². The summed E-state index contributed by atoms with van der Waals surface area (Å²) in [5.74, 6) is 2.13. The molecule has 0 aliphatic rings. The van der Waals surface area contributed by atoms with Gasteiger partial charge in [0, 0.05) is 5.57 Å². The number of hydrogen-bond acceptors (Lipinski definition) is 3. The highest BCUT2D eigenvalue weighted by molar-refractivity contribution is 7.80. The van der Waals surface area contributed by atoms with E-state index in [2.05, 4.69) is 39.5 Å². The number of esters is 1. The lowest BCUT2D eigenvalue weighted by atomic mass is 9.97. The van der Waals surface area contributed by atoms with Crippen molar-refractivity contribution in [2.75, 3.05) is 12.4 Å². The number of hydrogen-bond donors (Lipinski definition) is 1. The van der Waals surface area contributed by atoms with Crippen LogP contribution in [-0.2, 0) is 9.53 Å². The summed E-state index contributed by atoms with van der Waals surface area (Å²) < 4.78 is 5.18. The quantitative estimate of drug-likeness (QED) is 0.166. The summed E-state index contributed by atoms with van der Waals surface area (Å²) in [7, 11) is 0. The van der Waals surface area contributed by atoms with Crippen LogP contribution in [0.3, 0.4) is 0 Å². The van der Waals surface area contributed by atoms with Crippen LogP contribution in [0, 0.1) is 11.8 Å². The van der Waals surface area contributed by atoms with Crippen molar-refractivity contribution in [1.82, 2.24) is 0 Å². The molecule has 0 amide bonds. The first-order valence-corrected chi connectivity index (χ1v) is 9.22. The van der Waals surface area contributed by atoms with Gasteiger partial charge in [0.05, 0.1) is 6.61 Å². The van der Waals surface area contributed by atoms with E-state index >= 15 is 0 Å². The first-order chi connectivity index (χ1) is 10.5. The number of rotatable bonds is 12. The van der Waals surface area contributed by atoms with E-state index in [4.69, 9.17) is 4.74 Å². The lowest BCUT2D eigenvalue weighted by molar-refractivity contribution is -0.139. The normalized spacial score (nSPS) is 13.8. The minimum Gasteiger partial charge on any atom is -0.462 e. The molecule has 0 bridgehead atoms. The van der Waals surface area contributed by atoms with Crippen molar-refractivity contribution in [1.29, 1.82) is 0 Å². The molecule has 22 heavy (non-hydrogen) atoms. The molecule has 3 heteroatoms. The van der Waals surface area contributed by atoms with Crippen LogP contribution in [0.1, 0.15) is 66.2 Å². The van der Waals surface area contributed by atoms with Gasteiger partial charge >= 0.3 is 5.97 Å². The van der Waals surface area contributed by atoms with Gasteiger partial charge in [-0.1, -0.05) is 58.3 Å². The summed E-state index contributed by atoms with van der Waals surface area (Å²) in [6, 6.07) is 0. The molecule has 0 aromatic rings. The molecule has 2 nitrogen and oxygen atoms in total. The van der Waals surface area contributed by atoms with E-state index in [9.17, 15) is 4.79 Å². The maximum absolute atomic E-state index is 11.7. The molecule has 1 unspecified atom stereocenters. The predicted octanol–water partition coefficient (Wildman–Crippen LogP) is 5.59. The Morgan fingerprint density at radius 1 is 1.14 bits per heavy atom. The second-order valence-corrected chi connectivity index (χ2v) is 6.96. The van der Waals surface area contributed by atoms with Crippen LogP contribution in [0.2, 0.25) is 0 Å². The first-order valence-electron chi connectivity index (χ1n) is 8.58. The van der Waals surface area contributed by atoms with Crippen molar-refractivity contribution >= 4 is 18.6 Å². The van der Waals surface area contributed by atoms with Gasteiger partial charge in [-0.05, 0) is 43.8 Å². The minimum atomic E-state index is -0.214. The zero-order chi connectivity index (χ0) is 16.8. The molecule has 0 heterocycles. The number of thiol groups is 1. The van der Waals surface area contributed by atoms with Crippen LogP contribution < -0.4 is 0 Å². The molecule has 0 aliphatic carbocycles. The summed E-state index contributed by atoms with van der Waals surface area (Å²) >= 11 is 4.13. The van der Waals surface area contributed by atoms with E-state index in [0.717, 1.165) is 30.9 Å². The standard InChI is InChI=1S/C19H34O2S/c1-16(2)10-9-12-17(3)11-5-6-13-18(4)19(20)21-14-7-8-15-22/h5-6,13,16-17,22H,7-12,14-15H2,1-4H3. The number of allylic oxidation sites excluding steroid dienone is 3. The molecular formula is C19H34O2S. The van der Waals surface area contributed by atoms with Gasteiger partial charge in [-0.2, -0.15) is 12.6 Å². The third-order valence-electron chi connectivity index (χ3n) is 3.61. The fraction of sp³-hybridized carbons (Fsp3) is 0.737. The molecule has 0 aliphatic heterocycles. The molecule has 0 saturated heterocycles. The van der Waals surface area contributed by atoms with Crippen molar-refractivity contribution < 1.29 is 9.53 Å². The van der Waals surface area contributed by atoms with Gasteiger partial charge in [0.1, 0.15) is 0 Å². The highest BCUT2D eigenvalue weighted by Gasteiger charge is 2.04. The smallest absolute Gasteiger partial charge is 0.333 e. The lowest BCUT2D eigenvalue weighted by Crippen LogP contribution is -2.07. The number of carbonyl (C=O) groups excluding carboxylic acids is 1. The van der Waals surface area contributed by atoms with E-state index in [1.54, 1.807) is 6.92 Å². The number of unbranched alkanes of at least 4 members (excludes halogenated alkanes) is 1. The van der Waals surface area contributed by atoms with Gasteiger partial charge in [0.2, 0.25) is 0 Å². The Morgan fingerprint density at radius 3 is 2.50 bits per heavy atom. The van der Waals surface area contributed by atoms with Gasteiger partial charge in [0.15, 0.2) is 0 Å². The Kier molecular flexibility index (Phi) is 13.5. The minimum absolute atomic E-state index is 0.214.